The van der Waals surface area contributed by atoms with Gasteiger partial charge in [0.05, 0.1) is 23.3 Å². The summed E-state index contributed by atoms with van der Waals surface area (Å²) in [5, 5.41) is 12.7. The second-order valence-corrected chi connectivity index (χ2v) is 10.9. The lowest BCUT2D eigenvalue weighted by atomic mass is 10.2. The minimum atomic E-state index is -2.98. The first-order chi connectivity index (χ1) is 13.4. The second kappa shape index (κ2) is 7.62. The van der Waals surface area contributed by atoms with Crippen molar-refractivity contribution >= 4 is 27.4 Å². The molecule has 3 heterocycles. The predicted octanol–water partition coefficient (Wildman–Crippen LogP) is 2.54. The van der Waals surface area contributed by atoms with Crippen molar-refractivity contribution in [3.8, 4) is 0 Å². The van der Waals surface area contributed by atoms with Crippen molar-refractivity contribution in [2.75, 3.05) is 17.3 Å². The number of aryl methyl sites for hydroxylation is 1. The maximum absolute atomic E-state index is 12.9. The van der Waals surface area contributed by atoms with Gasteiger partial charge in [0.15, 0.2) is 15.6 Å². The van der Waals surface area contributed by atoms with Crippen molar-refractivity contribution in [1.82, 2.24) is 24.8 Å². The minimum absolute atomic E-state index is 0.0196. The fourth-order valence-corrected chi connectivity index (χ4v) is 6.99. The van der Waals surface area contributed by atoms with Crippen LogP contribution < -0.4 is 0 Å². The number of sulfone groups is 1. The molecule has 0 N–H and O–H groups in total. The Balaban J connectivity index is 1.48. The SMILES string of the molecule is Cc1cc(C(=O)CSc2nnnn2C2CCCC2)c(C)n1[C@H]1CCS(=O)(=O)C1. The fraction of sp³-hybridized carbons (Fsp3) is 0.667. The topological polar surface area (TPSA) is 99.7 Å². The average Bonchev–Trinajstić information content (AvgIpc) is 3.40. The van der Waals surface area contributed by atoms with Gasteiger partial charge in [-0.2, -0.15) is 0 Å². The summed E-state index contributed by atoms with van der Waals surface area (Å²) in [7, 11) is -2.98. The summed E-state index contributed by atoms with van der Waals surface area (Å²) >= 11 is 1.37. The molecule has 8 nitrogen and oxygen atoms in total. The Kier molecular flexibility index (Phi) is 5.34. The van der Waals surface area contributed by atoms with Gasteiger partial charge >= 0.3 is 0 Å². The Morgan fingerprint density at radius 2 is 1.96 bits per heavy atom. The molecule has 0 radical (unpaired) electrons. The fourth-order valence-electron chi connectivity index (χ4n) is 4.47. The van der Waals surface area contributed by atoms with Gasteiger partial charge in [0.25, 0.3) is 0 Å². The molecule has 152 valence electrons. The van der Waals surface area contributed by atoms with Crippen LogP contribution in [0.1, 0.15) is 65.9 Å². The van der Waals surface area contributed by atoms with Crippen LogP contribution in [0.15, 0.2) is 11.2 Å². The lowest BCUT2D eigenvalue weighted by Gasteiger charge is -2.16. The van der Waals surface area contributed by atoms with Crippen molar-refractivity contribution in [3.05, 3.63) is 23.0 Å². The maximum Gasteiger partial charge on any atom is 0.210 e. The number of carbonyl (C=O) groups is 1. The van der Waals surface area contributed by atoms with Gasteiger partial charge in [-0.25, -0.2) is 13.1 Å². The highest BCUT2D eigenvalue weighted by molar-refractivity contribution is 7.99. The van der Waals surface area contributed by atoms with Crippen molar-refractivity contribution in [2.45, 2.75) is 63.2 Å². The Hall–Kier alpha value is -1.68. The summed E-state index contributed by atoms with van der Waals surface area (Å²) in [6, 6.07) is 2.14. The number of hydrogen-bond donors (Lipinski definition) is 0. The molecule has 1 saturated carbocycles. The highest BCUT2D eigenvalue weighted by Gasteiger charge is 2.31. The smallest absolute Gasteiger partial charge is 0.210 e. The molecule has 2 aromatic rings. The molecule has 0 amide bonds. The van der Waals surface area contributed by atoms with E-state index < -0.39 is 9.84 Å². The third kappa shape index (κ3) is 3.76. The van der Waals surface area contributed by atoms with E-state index in [2.05, 4.69) is 15.5 Å². The van der Waals surface area contributed by atoms with Crippen LogP contribution >= 0.6 is 11.8 Å². The molecule has 0 spiro atoms. The lowest BCUT2D eigenvalue weighted by Crippen LogP contribution is -2.15. The van der Waals surface area contributed by atoms with E-state index in [0.29, 0.717) is 23.2 Å². The first-order valence-electron chi connectivity index (χ1n) is 9.68. The molecule has 1 aliphatic heterocycles. The van der Waals surface area contributed by atoms with E-state index in [9.17, 15) is 13.2 Å². The summed E-state index contributed by atoms with van der Waals surface area (Å²) in [5.74, 6) is 0.658. The zero-order valence-electron chi connectivity index (χ0n) is 16.2. The molecule has 2 aliphatic rings. The van der Waals surface area contributed by atoms with Gasteiger partial charge in [0.2, 0.25) is 5.16 Å². The van der Waals surface area contributed by atoms with Gasteiger partial charge in [0, 0.05) is 23.0 Å². The van der Waals surface area contributed by atoms with Crippen molar-refractivity contribution in [2.24, 2.45) is 0 Å². The van der Waals surface area contributed by atoms with Crippen LogP contribution in [-0.4, -0.2) is 56.2 Å². The predicted molar refractivity (Wildman–Crippen MR) is 107 cm³/mol. The molecular formula is C18H25N5O3S2. The summed E-state index contributed by atoms with van der Waals surface area (Å²) in [6.45, 7) is 3.83. The Morgan fingerprint density at radius 1 is 1.21 bits per heavy atom. The van der Waals surface area contributed by atoms with E-state index >= 15 is 0 Å². The maximum atomic E-state index is 12.9. The van der Waals surface area contributed by atoms with Crippen LogP contribution in [0, 0.1) is 13.8 Å². The Labute approximate surface area is 169 Å². The quantitative estimate of drug-likeness (QED) is 0.520. The van der Waals surface area contributed by atoms with Crippen LogP contribution in [0.5, 0.6) is 0 Å². The number of ketones is 1. The molecule has 2 aromatic heterocycles. The Bertz CT molecular complexity index is 989. The van der Waals surface area contributed by atoms with Crippen LogP contribution in [0.25, 0.3) is 0 Å². The van der Waals surface area contributed by atoms with Crippen molar-refractivity contribution < 1.29 is 13.2 Å². The van der Waals surface area contributed by atoms with Gasteiger partial charge in [-0.05, 0) is 49.6 Å². The molecule has 1 saturated heterocycles. The zero-order valence-corrected chi connectivity index (χ0v) is 17.8. The number of rotatable bonds is 6. The summed E-state index contributed by atoms with van der Waals surface area (Å²) in [4.78, 5) is 12.9. The summed E-state index contributed by atoms with van der Waals surface area (Å²) in [5.41, 5.74) is 2.44. The minimum Gasteiger partial charge on any atom is -0.344 e. The van der Waals surface area contributed by atoms with Gasteiger partial charge in [0.1, 0.15) is 0 Å². The van der Waals surface area contributed by atoms with E-state index in [4.69, 9.17) is 0 Å². The molecule has 0 unspecified atom stereocenters. The van der Waals surface area contributed by atoms with Crippen LogP contribution in [-0.2, 0) is 9.84 Å². The summed E-state index contributed by atoms with van der Waals surface area (Å²) < 4.78 is 27.6. The monoisotopic (exact) mass is 423 g/mol. The molecule has 1 atom stereocenters. The van der Waals surface area contributed by atoms with E-state index in [1.807, 2.05) is 29.2 Å². The number of carbonyl (C=O) groups excluding carboxylic acids is 1. The molecule has 0 aromatic carbocycles. The normalized spacial score (nSPS) is 22.1. The highest BCUT2D eigenvalue weighted by atomic mass is 32.2. The van der Waals surface area contributed by atoms with Crippen LogP contribution in [0.4, 0.5) is 0 Å². The third-order valence-electron chi connectivity index (χ3n) is 5.82. The number of Topliss-reactive ketones (excluding diaryl/α,β-unsaturated/α-hetero) is 1. The summed E-state index contributed by atoms with van der Waals surface area (Å²) in [6.07, 6.45) is 5.15. The second-order valence-electron chi connectivity index (χ2n) is 7.77. The van der Waals surface area contributed by atoms with Gasteiger partial charge < -0.3 is 4.57 Å². The van der Waals surface area contributed by atoms with E-state index in [0.717, 1.165) is 24.2 Å². The van der Waals surface area contributed by atoms with Crippen LogP contribution in [0.2, 0.25) is 0 Å². The van der Waals surface area contributed by atoms with Crippen molar-refractivity contribution in [3.63, 3.8) is 0 Å². The largest absolute Gasteiger partial charge is 0.344 e. The first-order valence-corrected chi connectivity index (χ1v) is 12.5. The van der Waals surface area contributed by atoms with E-state index in [1.54, 1.807) is 0 Å². The molecule has 2 fully saturated rings. The van der Waals surface area contributed by atoms with Gasteiger partial charge in [-0.15, -0.1) is 5.10 Å². The van der Waals surface area contributed by atoms with Gasteiger partial charge in [-0.1, -0.05) is 24.6 Å². The average molecular weight is 424 g/mol. The van der Waals surface area contributed by atoms with E-state index in [-0.39, 0.29) is 29.1 Å². The number of tetrazole rings is 1. The van der Waals surface area contributed by atoms with Crippen LogP contribution in [0.3, 0.4) is 0 Å². The van der Waals surface area contributed by atoms with E-state index in [1.165, 1.54) is 24.6 Å². The molecular weight excluding hydrogens is 398 g/mol. The van der Waals surface area contributed by atoms with Crippen molar-refractivity contribution in [1.29, 1.82) is 0 Å². The standard InChI is InChI=1S/C18H25N5O3S2/c1-12-9-16(13(2)22(12)15-7-8-28(25,26)11-15)17(24)10-27-18-19-20-21-23(18)14-5-3-4-6-14/h9,14-15H,3-8,10-11H2,1-2H3/t15-/m0/s1. The van der Waals surface area contributed by atoms with Gasteiger partial charge in [-0.3, -0.25) is 4.79 Å². The molecule has 0 bridgehead atoms. The third-order valence-corrected chi connectivity index (χ3v) is 8.51. The number of aromatic nitrogens is 5. The number of hydrogen-bond acceptors (Lipinski definition) is 7. The number of thioether (sulfide) groups is 1. The molecule has 1 aliphatic carbocycles. The Morgan fingerprint density at radius 3 is 2.64 bits per heavy atom. The lowest BCUT2D eigenvalue weighted by molar-refractivity contribution is 0.102. The molecule has 10 heteroatoms. The highest BCUT2D eigenvalue weighted by Crippen LogP contribution is 2.32. The first kappa shape index (κ1) is 19.6. The molecule has 4 rings (SSSR count). The molecule has 28 heavy (non-hydrogen) atoms. The zero-order chi connectivity index (χ0) is 19.9. The number of nitrogens with zero attached hydrogens (tertiary/aromatic N) is 5.